The van der Waals surface area contributed by atoms with Gasteiger partial charge >= 0.3 is 0 Å². The summed E-state index contributed by atoms with van der Waals surface area (Å²) in [6, 6.07) is 12.3. The van der Waals surface area contributed by atoms with Crippen LogP contribution in [0.25, 0.3) is 10.9 Å². The van der Waals surface area contributed by atoms with Crippen molar-refractivity contribution in [1.29, 1.82) is 0 Å². The summed E-state index contributed by atoms with van der Waals surface area (Å²) in [4.78, 5) is 4.34. The van der Waals surface area contributed by atoms with Gasteiger partial charge in [0, 0.05) is 22.2 Å². The first-order chi connectivity index (χ1) is 10.7. The number of hydrogen-bond acceptors (Lipinski definition) is 3. The second kappa shape index (κ2) is 7.09. The molecule has 0 aliphatic rings. The first-order valence-corrected chi connectivity index (χ1v) is 9.61. The van der Waals surface area contributed by atoms with E-state index in [1.165, 1.54) is 10.5 Å². The molecule has 2 aromatic carbocycles. The van der Waals surface area contributed by atoms with Gasteiger partial charge < -0.3 is 9.71 Å². The molecule has 22 heavy (non-hydrogen) atoms. The van der Waals surface area contributed by atoms with Crippen LogP contribution in [-0.2, 0) is 5.75 Å². The number of aromatic amines is 1. The Morgan fingerprint density at radius 2 is 2.00 bits per heavy atom. The van der Waals surface area contributed by atoms with Crippen LogP contribution in [0.4, 0.5) is 5.69 Å². The summed E-state index contributed by atoms with van der Waals surface area (Å²) < 4.78 is 3.38. The van der Waals surface area contributed by atoms with Gasteiger partial charge in [0.15, 0.2) is 0 Å². The van der Waals surface area contributed by atoms with Crippen LogP contribution in [0.5, 0.6) is 0 Å². The number of aromatic nitrogens is 1. The maximum Gasteiger partial charge on any atom is 0.0728 e. The molecule has 0 saturated heterocycles. The maximum absolute atomic E-state index is 6.21. The zero-order valence-electron chi connectivity index (χ0n) is 11.8. The fraction of sp³-hybridized carbons (Fsp3) is 0.125. The van der Waals surface area contributed by atoms with Gasteiger partial charge in [-0.25, -0.2) is 0 Å². The Morgan fingerprint density at radius 1 is 1.14 bits per heavy atom. The highest BCUT2D eigenvalue weighted by Gasteiger charge is 2.10. The highest BCUT2D eigenvalue weighted by atomic mass is 35.5. The Bertz CT molecular complexity index is 802. The number of halogens is 2. The molecule has 0 radical (unpaired) electrons. The molecule has 0 bridgehead atoms. The number of H-pyrrole nitrogens is 1. The van der Waals surface area contributed by atoms with Gasteiger partial charge in [-0.1, -0.05) is 35.3 Å². The Labute approximate surface area is 148 Å². The molecule has 0 aliphatic carbocycles. The Kier molecular flexibility index (Phi) is 5.14. The van der Waals surface area contributed by atoms with Crippen molar-refractivity contribution in [3.8, 4) is 0 Å². The van der Waals surface area contributed by atoms with Crippen molar-refractivity contribution < 1.29 is 0 Å². The normalized spacial score (nSPS) is 11.0. The number of hydrogen-bond donors (Lipinski definition) is 2. The third-order valence-corrected chi connectivity index (χ3v) is 5.27. The Hall–Kier alpha value is -0.940. The summed E-state index contributed by atoms with van der Waals surface area (Å²) in [5.74, 6) is 1.02. The average molecular weight is 369 g/mol. The molecule has 0 aliphatic heterocycles. The minimum absolute atomic E-state index is 0.635. The van der Waals surface area contributed by atoms with E-state index in [9.17, 15) is 0 Å². The molecule has 1 aromatic heterocycles. The van der Waals surface area contributed by atoms with E-state index in [1.807, 2.05) is 23.9 Å². The number of fused-ring (bicyclic) bond motifs is 1. The van der Waals surface area contributed by atoms with Crippen LogP contribution in [0.2, 0.25) is 10.0 Å². The molecule has 114 valence electrons. The van der Waals surface area contributed by atoms with E-state index < -0.39 is 0 Å². The predicted octanol–water partition coefficient (Wildman–Crippen LogP) is 6.46. The predicted molar refractivity (Wildman–Crippen MR) is 101 cm³/mol. The number of thioether (sulfide) groups is 1. The SMILES string of the molecule is CSCc1cccc(SNc2ccc(Cl)c3c(Cl)c[nH]c23)c1. The molecule has 2 nitrogen and oxygen atoms in total. The van der Waals surface area contributed by atoms with Crippen LogP contribution < -0.4 is 4.72 Å². The highest BCUT2D eigenvalue weighted by molar-refractivity contribution is 8.00. The fourth-order valence-electron chi connectivity index (χ4n) is 2.23. The lowest BCUT2D eigenvalue weighted by Gasteiger charge is -2.09. The molecule has 0 amide bonds. The number of benzene rings is 2. The molecule has 3 rings (SSSR count). The fourth-order valence-corrected chi connectivity index (χ4v) is 4.06. The molecule has 3 aromatic rings. The second-order valence-corrected chi connectivity index (χ2v) is 7.33. The molecule has 2 N–H and O–H groups in total. The standard InChI is InChI=1S/C16H14Cl2N2S2/c1-21-9-10-3-2-4-11(7-10)22-20-14-6-5-12(17)15-13(18)8-19-16(14)15/h2-8,19-20H,9H2,1H3. The average Bonchev–Trinajstić information content (AvgIpc) is 2.91. The van der Waals surface area contributed by atoms with Gasteiger partial charge in [0.05, 0.1) is 21.2 Å². The van der Waals surface area contributed by atoms with E-state index in [0.717, 1.165) is 22.3 Å². The zero-order valence-corrected chi connectivity index (χ0v) is 15.0. The summed E-state index contributed by atoms with van der Waals surface area (Å²) in [6.45, 7) is 0. The van der Waals surface area contributed by atoms with Crippen molar-refractivity contribution in [3.63, 3.8) is 0 Å². The van der Waals surface area contributed by atoms with Gasteiger partial charge in [0.2, 0.25) is 0 Å². The maximum atomic E-state index is 6.21. The molecule has 0 spiro atoms. The number of anilines is 1. The van der Waals surface area contributed by atoms with Gasteiger partial charge in [-0.2, -0.15) is 11.8 Å². The van der Waals surface area contributed by atoms with Crippen LogP contribution in [0, 0.1) is 0 Å². The lowest BCUT2D eigenvalue weighted by Crippen LogP contribution is -1.89. The van der Waals surface area contributed by atoms with Crippen LogP contribution in [0.1, 0.15) is 5.56 Å². The van der Waals surface area contributed by atoms with Gasteiger partial charge in [-0.3, -0.25) is 0 Å². The lowest BCUT2D eigenvalue weighted by atomic mass is 10.2. The molecule has 0 fully saturated rings. The second-order valence-electron chi connectivity index (χ2n) is 4.77. The van der Waals surface area contributed by atoms with E-state index >= 15 is 0 Å². The smallest absolute Gasteiger partial charge is 0.0728 e. The number of rotatable bonds is 5. The first kappa shape index (κ1) is 15.9. The Balaban J connectivity index is 1.82. The van der Waals surface area contributed by atoms with E-state index in [-0.39, 0.29) is 0 Å². The Morgan fingerprint density at radius 3 is 2.82 bits per heavy atom. The van der Waals surface area contributed by atoms with Gasteiger partial charge in [-0.15, -0.1) is 0 Å². The monoisotopic (exact) mass is 368 g/mol. The lowest BCUT2D eigenvalue weighted by molar-refractivity contribution is 1.33. The van der Waals surface area contributed by atoms with E-state index in [0.29, 0.717) is 10.0 Å². The van der Waals surface area contributed by atoms with Gasteiger partial charge in [0.25, 0.3) is 0 Å². The van der Waals surface area contributed by atoms with Crippen molar-refractivity contribution in [2.75, 3.05) is 11.0 Å². The summed E-state index contributed by atoms with van der Waals surface area (Å²) in [5.41, 5.74) is 3.21. The van der Waals surface area contributed by atoms with Crippen LogP contribution in [0.15, 0.2) is 47.5 Å². The summed E-state index contributed by atoms with van der Waals surface area (Å²) in [5, 5.41) is 2.14. The van der Waals surface area contributed by atoms with E-state index in [4.69, 9.17) is 23.2 Å². The van der Waals surface area contributed by atoms with Crippen LogP contribution >= 0.6 is 46.9 Å². The van der Waals surface area contributed by atoms with Gasteiger partial charge in [-0.05, 0) is 48.0 Å². The molecule has 6 heteroatoms. The molecule has 0 saturated carbocycles. The summed E-state index contributed by atoms with van der Waals surface area (Å²) in [6.07, 6.45) is 3.87. The zero-order chi connectivity index (χ0) is 15.5. The minimum Gasteiger partial charge on any atom is -0.358 e. The van der Waals surface area contributed by atoms with Crippen molar-refractivity contribution in [2.45, 2.75) is 10.6 Å². The summed E-state index contributed by atoms with van der Waals surface area (Å²) >= 11 is 15.8. The third kappa shape index (κ3) is 3.35. The first-order valence-electron chi connectivity index (χ1n) is 6.65. The van der Waals surface area contributed by atoms with Crippen molar-refractivity contribution in [2.24, 2.45) is 0 Å². The van der Waals surface area contributed by atoms with Crippen molar-refractivity contribution in [3.05, 3.63) is 58.2 Å². The van der Waals surface area contributed by atoms with Gasteiger partial charge in [0.1, 0.15) is 0 Å². The number of nitrogens with one attached hydrogen (secondary N) is 2. The molecule has 1 heterocycles. The molecule has 0 atom stereocenters. The highest BCUT2D eigenvalue weighted by Crippen LogP contribution is 2.36. The largest absolute Gasteiger partial charge is 0.358 e. The molecular formula is C16H14Cl2N2S2. The summed E-state index contributed by atoms with van der Waals surface area (Å²) in [7, 11) is 0. The van der Waals surface area contributed by atoms with Crippen LogP contribution in [-0.4, -0.2) is 11.2 Å². The third-order valence-electron chi connectivity index (χ3n) is 3.22. The topological polar surface area (TPSA) is 27.8 Å². The van der Waals surface area contributed by atoms with Crippen molar-refractivity contribution >= 4 is 63.5 Å². The van der Waals surface area contributed by atoms with E-state index in [2.05, 4.69) is 40.2 Å². The van der Waals surface area contributed by atoms with Crippen LogP contribution in [0.3, 0.4) is 0 Å². The van der Waals surface area contributed by atoms with Crippen molar-refractivity contribution in [1.82, 2.24) is 4.98 Å². The molecular weight excluding hydrogens is 355 g/mol. The minimum atomic E-state index is 0.635. The van der Waals surface area contributed by atoms with E-state index in [1.54, 1.807) is 18.1 Å². The molecule has 0 unspecified atom stereocenters. The quantitative estimate of drug-likeness (QED) is 0.506.